The summed E-state index contributed by atoms with van der Waals surface area (Å²) in [6.07, 6.45) is -2.07. The smallest absolute Gasteiger partial charge is 0.408 e. The summed E-state index contributed by atoms with van der Waals surface area (Å²) in [6.45, 7) is 3.93. The van der Waals surface area contributed by atoms with E-state index in [1.807, 2.05) is 31.2 Å². The normalized spacial score (nSPS) is 22.2. The standard InChI is InChI=1S/C21H24N4O5S/c1-12-18(31-11-22-12)14-3-5-15(6-4-14)21(9-24(10-21)13(2)26)23-19(28)17-7-16(27)8-25(17)20(29)30/h3-6,11,16-17,27H,7-10H2,1-2H3,(H,23,28)(H,29,30)/t16-,17+/m1/s1. The maximum atomic E-state index is 13.0. The molecule has 9 nitrogen and oxygen atoms in total. The molecule has 2 atom stereocenters. The molecule has 2 aliphatic rings. The van der Waals surface area contributed by atoms with E-state index in [4.69, 9.17) is 0 Å². The van der Waals surface area contributed by atoms with Gasteiger partial charge in [-0.2, -0.15) is 0 Å². The van der Waals surface area contributed by atoms with Gasteiger partial charge in [0.1, 0.15) is 11.6 Å². The van der Waals surface area contributed by atoms with E-state index >= 15 is 0 Å². The first kappa shape index (κ1) is 21.3. The molecule has 3 amide bonds. The van der Waals surface area contributed by atoms with Gasteiger partial charge in [0.05, 0.1) is 28.7 Å². The van der Waals surface area contributed by atoms with Crippen molar-refractivity contribution >= 4 is 29.2 Å². The Bertz CT molecular complexity index is 1020. The van der Waals surface area contributed by atoms with Crippen LogP contribution in [-0.2, 0) is 15.1 Å². The van der Waals surface area contributed by atoms with Crippen LogP contribution in [0.15, 0.2) is 29.8 Å². The summed E-state index contributed by atoms with van der Waals surface area (Å²) in [6, 6.07) is 6.80. The lowest BCUT2D eigenvalue weighted by atomic mass is 9.81. The van der Waals surface area contributed by atoms with E-state index in [2.05, 4.69) is 10.3 Å². The number of aromatic nitrogens is 1. The molecule has 0 bridgehead atoms. The van der Waals surface area contributed by atoms with Gasteiger partial charge in [0.2, 0.25) is 11.8 Å². The lowest BCUT2D eigenvalue weighted by Crippen LogP contribution is -2.70. The number of nitrogens with zero attached hydrogens (tertiary/aromatic N) is 3. The van der Waals surface area contributed by atoms with Gasteiger partial charge in [-0.25, -0.2) is 9.78 Å². The molecule has 0 aliphatic carbocycles. The number of aryl methyl sites for hydroxylation is 1. The van der Waals surface area contributed by atoms with E-state index in [1.165, 1.54) is 6.92 Å². The number of nitrogens with one attached hydrogen (secondary N) is 1. The van der Waals surface area contributed by atoms with Gasteiger partial charge >= 0.3 is 6.09 Å². The molecule has 0 unspecified atom stereocenters. The number of amides is 3. The molecule has 3 N–H and O–H groups in total. The monoisotopic (exact) mass is 444 g/mol. The highest BCUT2D eigenvalue weighted by molar-refractivity contribution is 7.13. The van der Waals surface area contributed by atoms with Gasteiger partial charge in [0, 0.05) is 26.4 Å². The number of β-amino-alcohol motifs (C(OH)–C–C–N with tert-alkyl or cyclic N) is 1. The molecule has 2 aliphatic heterocycles. The van der Waals surface area contributed by atoms with Crippen molar-refractivity contribution in [3.05, 3.63) is 41.0 Å². The largest absolute Gasteiger partial charge is 0.465 e. The topological polar surface area (TPSA) is 123 Å². The molecule has 10 heteroatoms. The SMILES string of the molecule is CC(=O)N1CC(NC(=O)[C@@H]2C[C@@H](O)CN2C(=O)O)(c2ccc(-c3scnc3C)cc2)C1. The molecule has 4 rings (SSSR count). The predicted molar refractivity (Wildman–Crippen MR) is 114 cm³/mol. The van der Waals surface area contributed by atoms with E-state index in [0.717, 1.165) is 26.6 Å². The molecule has 2 aromatic rings. The highest BCUT2D eigenvalue weighted by Gasteiger charge is 2.49. The van der Waals surface area contributed by atoms with Crippen LogP contribution in [0.1, 0.15) is 24.6 Å². The van der Waals surface area contributed by atoms with Crippen LogP contribution in [0.4, 0.5) is 4.79 Å². The fourth-order valence-corrected chi connectivity index (χ4v) is 5.09. The molecule has 0 saturated carbocycles. The minimum atomic E-state index is -1.24. The summed E-state index contributed by atoms with van der Waals surface area (Å²) in [5.74, 6) is -0.560. The van der Waals surface area contributed by atoms with Crippen molar-refractivity contribution in [1.29, 1.82) is 0 Å². The van der Waals surface area contributed by atoms with Crippen LogP contribution in [0.5, 0.6) is 0 Å². The number of aliphatic hydroxyl groups excluding tert-OH is 1. The molecule has 2 fully saturated rings. The van der Waals surface area contributed by atoms with Gasteiger partial charge < -0.3 is 20.4 Å². The third kappa shape index (κ3) is 3.88. The molecule has 1 aromatic heterocycles. The quantitative estimate of drug-likeness (QED) is 0.655. The number of carbonyl (C=O) groups excluding carboxylic acids is 2. The van der Waals surface area contributed by atoms with E-state index < -0.39 is 29.7 Å². The van der Waals surface area contributed by atoms with Crippen LogP contribution < -0.4 is 5.32 Å². The Morgan fingerprint density at radius 3 is 2.45 bits per heavy atom. The van der Waals surface area contributed by atoms with Crippen LogP contribution in [0.25, 0.3) is 10.4 Å². The van der Waals surface area contributed by atoms with Crippen molar-refractivity contribution in [2.75, 3.05) is 19.6 Å². The summed E-state index contributed by atoms with van der Waals surface area (Å²) in [5.41, 5.74) is 3.79. The molecule has 1 aromatic carbocycles. The zero-order valence-corrected chi connectivity index (χ0v) is 18.1. The first-order valence-electron chi connectivity index (χ1n) is 9.96. The molecule has 0 spiro atoms. The third-order valence-corrected chi connectivity index (χ3v) is 6.98. The summed E-state index contributed by atoms with van der Waals surface area (Å²) < 4.78 is 0. The Balaban J connectivity index is 1.59. The fourth-order valence-electron chi connectivity index (χ4n) is 4.27. The molecule has 31 heavy (non-hydrogen) atoms. The van der Waals surface area contributed by atoms with Gasteiger partial charge in [-0.05, 0) is 18.1 Å². The number of hydrogen-bond donors (Lipinski definition) is 3. The van der Waals surface area contributed by atoms with E-state index in [9.17, 15) is 24.6 Å². The van der Waals surface area contributed by atoms with Crippen molar-refractivity contribution in [3.8, 4) is 10.4 Å². The van der Waals surface area contributed by atoms with Gasteiger partial charge in [-0.3, -0.25) is 14.5 Å². The zero-order valence-electron chi connectivity index (χ0n) is 17.2. The molecule has 0 radical (unpaired) electrons. The van der Waals surface area contributed by atoms with Crippen LogP contribution in [0, 0.1) is 6.92 Å². The minimum Gasteiger partial charge on any atom is -0.465 e. The second kappa shape index (κ2) is 7.93. The fraction of sp³-hybridized carbons (Fsp3) is 0.429. The van der Waals surface area contributed by atoms with Gasteiger partial charge in [-0.15, -0.1) is 11.3 Å². The van der Waals surface area contributed by atoms with Crippen LogP contribution in [0.2, 0.25) is 0 Å². The molecule has 3 heterocycles. The number of likely N-dealkylation sites (tertiary alicyclic amines) is 2. The molecular weight excluding hydrogens is 420 g/mol. The summed E-state index contributed by atoms with van der Waals surface area (Å²) in [4.78, 5) is 44.2. The molecular formula is C21H24N4O5S. The zero-order chi connectivity index (χ0) is 22.3. The lowest BCUT2D eigenvalue weighted by molar-refractivity contribution is -0.142. The Kier molecular flexibility index (Phi) is 5.44. The number of thiazole rings is 1. The van der Waals surface area contributed by atoms with Crippen LogP contribution in [-0.4, -0.2) is 74.7 Å². The number of aliphatic hydroxyl groups is 1. The van der Waals surface area contributed by atoms with Crippen molar-refractivity contribution in [3.63, 3.8) is 0 Å². The second-order valence-corrected chi connectivity index (χ2v) is 8.99. The highest BCUT2D eigenvalue weighted by Crippen LogP contribution is 2.35. The Morgan fingerprint density at radius 2 is 1.90 bits per heavy atom. The maximum absolute atomic E-state index is 13.0. The first-order chi connectivity index (χ1) is 14.7. The van der Waals surface area contributed by atoms with E-state index in [1.54, 1.807) is 21.7 Å². The Morgan fingerprint density at radius 1 is 1.23 bits per heavy atom. The average molecular weight is 445 g/mol. The van der Waals surface area contributed by atoms with Gasteiger partial charge in [-0.1, -0.05) is 24.3 Å². The number of carboxylic acid groups (broad SMARTS) is 1. The summed E-state index contributed by atoms with van der Waals surface area (Å²) in [5, 5.41) is 22.2. The molecule has 164 valence electrons. The minimum absolute atomic E-state index is 0.0498. The Labute approximate surface area is 183 Å². The highest BCUT2D eigenvalue weighted by atomic mass is 32.1. The maximum Gasteiger partial charge on any atom is 0.408 e. The number of rotatable bonds is 4. The van der Waals surface area contributed by atoms with Crippen molar-refractivity contribution < 1.29 is 24.6 Å². The lowest BCUT2D eigenvalue weighted by Gasteiger charge is -2.51. The van der Waals surface area contributed by atoms with Crippen LogP contribution in [0.3, 0.4) is 0 Å². The number of carbonyl (C=O) groups is 3. The predicted octanol–water partition coefficient (Wildman–Crippen LogP) is 1.41. The number of benzene rings is 1. The summed E-state index contributed by atoms with van der Waals surface area (Å²) in [7, 11) is 0. The van der Waals surface area contributed by atoms with Crippen molar-refractivity contribution in [1.82, 2.24) is 20.1 Å². The molecule has 2 saturated heterocycles. The summed E-state index contributed by atoms with van der Waals surface area (Å²) >= 11 is 1.55. The van der Waals surface area contributed by atoms with E-state index in [0.29, 0.717) is 13.1 Å². The average Bonchev–Trinajstić information content (AvgIpc) is 3.30. The number of hydrogen-bond acceptors (Lipinski definition) is 6. The van der Waals surface area contributed by atoms with Gasteiger partial charge in [0.25, 0.3) is 0 Å². The van der Waals surface area contributed by atoms with Gasteiger partial charge in [0.15, 0.2) is 0 Å². The van der Waals surface area contributed by atoms with Crippen molar-refractivity contribution in [2.24, 2.45) is 0 Å². The third-order valence-electron chi connectivity index (χ3n) is 6.00. The second-order valence-electron chi connectivity index (χ2n) is 8.13. The van der Waals surface area contributed by atoms with Crippen molar-refractivity contribution in [2.45, 2.75) is 38.0 Å². The first-order valence-corrected chi connectivity index (χ1v) is 10.8. The Hall–Kier alpha value is -2.98. The van der Waals surface area contributed by atoms with E-state index in [-0.39, 0.29) is 18.9 Å². The van der Waals surface area contributed by atoms with Crippen LogP contribution >= 0.6 is 11.3 Å².